The van der Waals surface area contributed by atoms with Gasteiger partial charge in [-0.05, 0) is 35.7 Å². The van der Waals surface area contributed by atoms with E-state index < -0.39 is 17.8 Å². The second kappa shape index (κ2) is 10.6. The Morgan fingerprint density at radius 3 is 2.33 bits per heavy atom. The molecule has 0 aliphatic carbocycles. The van der Waals surface area contributed by atoms with Crippen LogP contribution >= 0.6 is 0 Å². The maximum Gasteiger partial charge on any atom is 0.252 e. The number of halogens is 1. The first-order valence-corrected chi connectivity index (χ1v) is 10.4. The number of amides is 2. The SMILES string of the molecule is COc1cc(OC)cc(C(=O)NC(C(=O)NCc2ccc(-n3ccnc3)c(F)c2)C(C)C)c1. The van der Waals surface area contributed by atoms with Crippen LogP contribution in [0.15, 0.2) is 55.1 Å². The molecule has 0 saturated heterocycles. The third kappa shape index (κ3) is 5.88. The van der Waals surface area contributed by atoms with E-state index in [1.54, 1.807) is 47.3 Å². The van der Waals surface area contributed by atoms with E-state index in [2.05, 4.69) is 15.6 Å². The van der Waals surface area contributed by atoms with E-state index >= 15 is 0 Å². The van der Waals surface area contributed by atoms with Crippen LogP contribution in [-0.2, 0) is 11.3 Å². The summed E-state index contributed by atoms with van der Waals surface area (Å²) in [7, 11) is 2.98. The topological polar surface area (TPSA) is 94.5 Å². The quantitative estimate of drug-likeness (QED) is 0.518. The number of carbonyl (C=O) groups excluding carboxylic acids is 2. The van der Waals surface area contributed by atoms with Gasteiger partial charge in [-0.2, -0.15) is 0 Å². The number of hydrogen-bond acceptors (Lipinski definition) is 5. The molecule has 0 spiro atoms. The van der Waals surface area contributed by atoms with Gasteiger partial charge in [0.2, 0.25) is 5.91 Å². The highest BCUT2D eigenvalue weighted by Crippen LogP contribution is 2.22. The lowest BCUT2D eigenvalue weighted by Crippen LogP contribution is -2.49. The van der Waals surface area contributed by atoms with Gasteiger partial charge in [0.1, 0.15) is 23.4 Å². The molecule has 9 heteroatoms. The van der Waals surface area contributed by atoms with Crippen LogP contribution in [0.5, 0.6) is 11.5 Å². The Bertz CT molecular complexity index is 1090. The van der Waals surface area contributed by atoms with Gasteiger partial charge in [0.25, 0.3) is 5.91 Å². The van der Waals surface area contributed by atoms with Gasteiger partial charge < -0.3 is 24.7 Å². The summed E-state index contributed by atoms with van der Waals surface area (Å²) in [4.78, 5) is 29.6. The number of rotatable bonds is 9. The van der Waals surface area contributed by atoms with Crippen molar-refractivity contribution in [1.82, 2.24) is 20.2 Å². The van der Waals surface area contributed by atoms with Crippen molar-refractivity contribution in [2.45, 2.75) is 26.4 Å². The minimum Gasteiger partial charge on any atom is -0.497 e. The van der Waals surface area contributed by atoms with Crippen LogP contribution in [0.4, 0.5) is 4.39 Å². The molecule has 8 nitrogen and oxygen atoms in total. The summed E-state index contributed by atoms with van der Waals surface area (Å²) in [5, 5.41) is 5.54. The van der Waals surface area contributed by atoms with E-state index in [0.29, 0.717) is 28.3 Å². The van der Waals surface area contributed by atoms with E-state index in [9.17, 15) is 14.0 Å². The predicted octanol–water partition coefficient (Wildman–Crippen LogP) is 3.10. The first-order chi connectivity index (χ1) is 15.8. The van der Waals surface area contributed by atoms with Gasteiger partial charge in [0, 0.05) is 30.6 Å². The average Bonchev–Trinajstić information content (AvgIpc) is 3.34. The molecule has 33 heavy (non-hydrogen) atoms. The van der Waals surface area contributed by atoms with E-state index in [1.165, 1.54) is 26.6 Å². The van der Waals surface area contributed by atoms with E-state index in [1.807, 2.05) is 13.8 Å². The molecule has 0 aliphatic heterocycles. The van der Waals surface area contributed by atoms with Crippen molar-refractivity contribution in [3.05, 3.63) is 72.1 Å². The van der Waals surface area contributed by atoms with E-state index in [4.69, 9.17) is 9.47 Å². The monoisotopic (exact) mass is 454 g/mol. The molecule has 1 heterocycles. The van der Waals surface area contributed by atoms with Crippen LogP contribution < -0.4 is 20.1 Å². The zero-order valence-electron chi connectivity index (χ0n) is 19.0. The fraction of sp³-hybridized carbons (Fsp3) is 0.292. The standard InChI is InChI=1S/C24H27FN4O4/c1-15(2)22(28-23(30)17-10-18(32-3)12-19(11-17)33-4)24(31)27-13-16-5-6-21(20(25)9-16)29-8-7-26-14-29/h5-12,14-15,22H,13H2,1-4H3,(H,27,31)(H,28,30). The fourth-order valence-electron chi connectivity index (χ4n) is 3.27. The average molecular weight is 455 g/mol. The van der Waals surface area contributed by atoms with Gasteiger partial charge in [-0.3, -0.25) is 9.59 Å². The van der Waals surface area contributed by atoms with Crippen LogP contribution in [0, 0.1) is 11.7 Å². The molecule has 2 N–H and O–H groups in total. The fourth-order valence-corrected chi connectivity index (χ4v) is 3.27. The summed E-state index contributed by atoms with van der Waals surface area (Å²) < 4.78 is 26.4. The molecule has 0 radical (unpaired) electrons. The Balaban J connectivity index is 1.67. The number of hydrogen-bond donors (Lipinski definition) is 2. The molecule has 1 atom stereocenters. The first-order valence-electron chi connectivity index (χ1n) is 10.4. The largest absolute Gasteiger partial charge is 0.497 e. The van der Waals surface area contributed by atoms with Crippen molar-refractivity contribution in [3.63, 3.8) is 0 Å². The molecule has 2 aromatic carbocycles. The maximum absolute atomic E-state index is 14.5. The van der Waals surface area contributed by atoms with E-state index in [0.717, 1.165) is 0 Å². The van der Waals surface area contributed by atoms with Crippen molar-refractivity contribution >= 4 is 11.8 Å². The highest BCUT2D eigenvalue weighted by atomic mass is 19.1. The molecule has 1 aromatic heterocycles. The molecule has 2 amide bonds. The van der Waals surface area contributed by atoms with Crippen LogP contribution in [0.1, 0.15) is 29.8 Å². The number of ether oxygens (including phenoxy) is 2. The number of aromatic nitrogens is 2. The van der Waals surface area contributed by atoms with Crippen LogP contribution in [0.2, 0.25) is 0 Å². The van der Waals surface area contributed by atoms with Crippen LogP contribution in [0.25, 0.3) is 5.69 Å². The highest BCUT2D eigenvalue weighted by molar-refractivity contribution is 5.98. The van der Waals surface area contributed by atoms with Crippen LogP contribution in [-0.4, -0.2) is 41.6 Å². The van der Waals surface area contributed by atoms with Gasteiger partial charge in [0.15, 0.2) is 0 Å². The second-order valence-electron chi connectivity index (χ2n) is 7.77. The second-order valence-corrected chi connectivity index (χ2v) is 7.77. The van der Waals surface area contributed by atoms with Crippen molar-refractivity contribution < 1.29 is 23.5 Å². The molecule has 1 unspecified atom stereocenters. The van der Waals surface area contributed by atoms with Gasteiger partial charge in [-0.1, -0.05) is 19.9 Å². The molecular weight excluding hydrogens is 427 g/mol. The summed E-state index contributed by atoms with van der Waals surface area (Å²) in [6, 6.07) is 8.71. The number of nitrogens with zero attached hydrogens (tertiary/aromatic N) is 2. The van der Waals surface area contributed by atoms with E-state index in [-0.39, 0.29) is 18.4 Å². The van der Waals surface area contributed by atoms with Gasteiger partial charge in [-0.25, -0.2) is 9.37 Å². The lowest BCUT2D eigenvalue weighted by atomic mass is 10.0. The number of imidazole rings is 1. The van der Waals surface area contributed by atoms with Crippen molar-refractivity contribution in [2.24, 2.45) is 5.92 Å². The smallest absolute Gasteiger partial charge is 0.252 e. The van der Waals surface area contributed by atoms with Crippen molar-refractivity contribution in [3.8, 4) is 17.2 Å². The van der Waals surface area contributed by atoms with Crippen molar-refractivity contribution in [1.29, 1.82) is 0 Å². The Labute approximate surface area is 191 Å². The molecule has 3 aromatic rings. The first kappa shape index (κ1) is 23.8. The molecule has 3 rings (SSSR count). The molecule has 174 valence electrons. The number of methoxy groups -OCH3 is 2. The Morgan fingerprint density at radius 2 is 1.79 bits per heavy atom. The van der Waals surface area contributed by atoms with Crippen LogP contribution in [0.3, 0.4) is 0 Å². The summed E-state index contributed by atoms with van der Waals surface area (Å²) in [5.74, 6) is -0.483. The zero-order chi connectivity index (χ0) is 24.0. The summed E-state index contributed by atoms with van der Waals surface area (Å²) >= 11 is 0. The molecule has 0 bridgehead atoms. The Kier molecular flexibility index (Phi) is 7.66. The normalized spacial score (nSPS) is 11.7. The van der Waals surface area contributed by atoms with Gasteiger partial charge >= 0.3 is 0 Å². The molecular formula is C24H27FN4O4. The third-order valence-electron chi connectivity index (χ3n) is 5.11. The lowest BCUT2D eigenvalue weighted by Gasteiger charge is -2.22. The minimum absolute atomic E-state index is 0.117. The third-order valence-corrected chi connectivity index (χ3v) is 5.11. The summed E-state index contributed by atoms with van der Waals surface area (Å²) in [5.41, 5.74) is 1.27. The van der Waals surface area contributed by atoms with Gasteiger partial charge in [-0.15, -0.1) is 0 Å². The minimum atomic E-state index is -0.787. The maximum atomic E-state index is 14.5. The molecule has 0 fully saturated rings. The number of benzene rings is 2. The Hall–Kier alpha value is -3.88. The summed E-state index contributed by atoms with van der Waals surface area (Å²) in [6.45, 7) is 3.78. The molecule has 0 aliphatic rings. The Morgan fingerprint density at radius 1 is 1.09 bits per heavy atom. The highest BCUT2D eigenvalue weighted by Gasteiger charge is 2.25. The zero-order valence-corrected chi connectivity index (χ0v) is 19.0. The predicted molar refractivity (Wildman–Crippen MR) is 121 cm³/mol. The summed E-state index contributed by atoms with van der Waals surface area (Å²) in [6.07, 6.45) is 4.72. The number of carbonyl (C=O) groups is 2. The number of nitrogens with one attached hydrogen (secondary N) is 2. The lowest BCUT2D eigenvalue weighted by molar-refractivity contribution is -0.124. The van der Waals surface area contributed by atoms with Crippen molar-refractivity contribution in [2.75, 3.05) is 14.2 Å². The molecule has 0 saturated carbocycles. The van der Waals surface area contributed by atoms with Gasteiger partial charge in [0.05, 0.1) is 26.2 Å².